The maximum Gasteiger partial charge on any atom is 0.225 e. The molecular weight excluding hydrogens is 388 g/mol. The van der Waals surface area contributed by atoms with Crippen molar-refractivity contribution in [1.82, 2.24) is 24.6 Å². The zero-order valence-electron chi connectivity index (χ0n) is 18.6. The van der Waals surface area contributed by atoms with E-state index in [2.05, 4.69) is 46.9 Å². The lowest BCUT2D eigenvalue weighted by molar-refractivity contribution is -0.137. The van der Waals surface area contributed by atoms with E-state index in [1.807, 2.05) is 17.8 Å². The largest absolute Gasteiger partial charge is 0.354 e. The van der Waals surface area contributed by atoms with E-state index in [1.165, 1.54) is 17.5 Å². The SMILES string of the molecule is Cc1ccc(-n2ncc3c(N4CCCN(C(=O)C5CCC5)CC4)nc(C)nc32)c(C)c1. The van der Waals surface area contributed by atoms with E-state index in [0.29, 0.717) is 5.91 Å². The molecule has 0 atom stereocenters. The third-order valence-corrected chi connectivity index (χ3v) is 6.66. The molecule has 1 aliphatic heterocycles. The number of rotatable bonds is 3. The van der Waals surface area contributed by atoms with Crippen molar-refractivity contribution in [2.24, 2.45) is 5.92 Å². The van der Waals surface area contributed by atoms with Gasteiger partial charge < -0.3 is 9.80 Å². The second-order valence-corrected chi connectivity index (χ2v) is 8.97. The number of benzene rings is 1. The third kappa shape index (κ3) is 3.66. The summed E-state index contributed by atoms with van der Waals surface area (Å²) in [5.41, 5.74) is 4.27. The lowest BCUT2D eigenvalue weighted by Gasteiger charge is -2.31. The second kappa shape index (κ2) is 7.94. The first kappa shape index (κ1) is 20.0. The molecule has 31 heavy (non-hydrogen) atoms. The predicted octanol–water partition coefficient (Wildman–Crippen LogP) is 3.58. The van der Waals surface area contributed by atoms with E-state index in [-0.39, 0.29) is 5.92 Å². The molecular formula is C24H30N6O. The van der Waals surface area contributed by atoms with Gasteiger partial charge in [0, 0.05) is 32.1 Å². The van der Waals surface area contributed by atoms with Crippen molar-refractivity contribution in [2.45, 2.75) is 46.5 Å². The summed E-state index contributed by atoms with van der Waals surface area (Å²) in [6.07, 6.45) is 6.14. The molecule has 1 aromatic carbocycles. The maximum absolute atomic E-state index is 12.7. The molecule has 5 rings (SSSR count). The molecule has 2 aliphatic rings. The summed E-state index contributed by atoms with van der Waals surface area (Å²) in [4.78, 5) is 26.6. The van der Waals surface area contributed by atoms with Crippen LogP contribution in [0.2, 0.25) is 0 Å². The minimum atomic E-state index is 0.260. The molecule has 1 aliphatic carbocycles. The molecule has 0 bridgehead atoms. The van der Waals surface area contributed by atoms with Crippen LogP contribution in [-0.2, 0) is 4.79 Å². The second-order valence-electron chi connectivity index (χ2n) is 8.97. The summed E-state index contributed by atoms with van der Waals surface area (Å²) in [5.74, 6) is 2.27. The van der Waals surface area contributed by atoms with Gasteiger partial charge in [-0.25, -0.2) is 14.6 Å². The van der Waals surface area contributed by atoms with Crippen molar-refractivity contribution in [3.05, 3.63) is 41.3 Å². The number of hydrogen-bond acceptors (Lipinski definition) is 5. The lowest BCUT2D eigenvalue weighted by atomic mass is 9.84. The Morgan fingerprint density at radius 2 is 1.84 bits per heavy atom. The van der Waals surface area contributed by atoms with E-state index in [9.17, 15) is 4.79 Å². The summed E-state index contributed by atoms with van der Waals surface area (Å²) in [5, 5.41) is 5.65. The first-order chi connectivity index (χ1) is 15.0. The minimum Gasteiger partial charge on any atom is -0.354 e. The van der Waals surface area contributed by atoms with Crippen molar-refractivity contribution in [1.29, 1.82) is 0 Å². The van der Waals surface area contributed by atoms with Crippen LogP contribution < -0.4 is 4.90 Å². The van der Waals surface area contributed by atoms with Crippen LogP contribution in [0.3, 0.4) is 0 Å². The number of carbonyl (C=O) groups excluding carboxylic acids is 1. The summed E-state index contributed by atoms with van der Waals surface area (Å²) >= 11 is 0. The number of aromatic nitrogens is 4. The van der Waals surface area contributed by atoms with Gasteiger partial charge in [0.1, 0.15) is 11.6 Å². The number of carbonyl (C=O) groups is 1. The zero-order valence-corrected chi connectivity index (χ0v) is 18.6. The van der Waals surface area contributed by atoms with Crippen molar-refractivity contribution in [2.75, 3.05) is 31.1 Å². The maximum atomic E-state index is 12.7. The van der Waals surface area contributed by atoms with Crippen molar-refractivity contribution in [3.63, 3.8) is 0 Å². The fourth-order valence-corrected chi connectivity index (χ4v) is 4.72. The van der Waals surface area contributed by atoms with Gasteiger partial charge in [0.05, 0.1) is 17.3 Å². The molecule has 0 N–H and O–H groups in total. The number of amides is 1. The first-order valence-corrected chi connectivity index (χ1v) is 11.3. The molecule has 162 valence electrons. The Balaban J connectivity index is 1.46. The van der Waals surface area contributed by atoms with Crippen LogP contribution in [0.15, 0.2) is 24.4 Å². The van der Waals surface area contributed by atoms with Gasteiger partial charge in [-0.2, -0.15) is 5.10 Å². The molecule has 0 radical (unpaired) electrons. The Labute approximate surface area is 183 Å². The molecule has 0 spiro atoms. The van der Waals surface area contributed by atoms with E-state index in [1.54, 1.807) is 0 Å². The first-order valence-electron chi connectivity index (χ1n) is 11.3. The average Bonchev–Trinajstić information content (AvgIpc) is 2.94. The van der Waals surface area contributed by atoms with Gasteiger partial charge in [-0.1, -0.05) is 24.1 Å². The molecule has 1 saturated carbocycles. The number of nitrogens with zero attached hydrogens (tertiary/aromatic N) is 6. The van der Waals surface area contributed by atoms with Crippen molar-refractivity contribution in [3.8, 4) is 5.69 Å². The van der Waals surface area contributed by atoms with E-state index < -0.39 is 0 Å². The van der Waals surface area contributed by atoms with Crippen LogP contribution in [0.5, 0.6) is 0 Å². The van der Waals surface area contributed by atoms with Gasteiger partial charge >= 0.3 is 0 Å². The third-order valence-electron chi connectivity index (χ3n) is 6.66. The highest BCUT2D eigenvalue weighted by molar-refractivity contribution is 5.88. The van der Waals surface area contributed by atoms with Crippen LogP contribution >= 0.6 is 0 Å². The Morgan fingerprint density at radius 3 is 2.58 bits per heavy atom. The molecule has 3 heterocycles. The van der Waals surface area contributed by atoms with E-state index in [4.69, 9.17) is 9.97 Å². The quantitative estimate of drug-likeness (QED) is 0.650. The highest BCUT2D eigenvalue weighted by Gasteiger charge is 2.31. The van der Waals surface area contributed by atoms with Crippen LogP contribution in [-0.4, -0.2) is 56.7 Å². The standard InChI is InChI=1S/C24H30N6O/c1-16-8-9-21(17(2)14-16)30-23-20(15-25-30)22(26-18(3)27-23)28-10-5-11-29(13-12-28)24(31)19-6-4-7-19/h8-9,14-15,19H,4-7,10-13H2,1-3H3. The zero-order chi connectivity index (χ0) is 21.5. The van der Waals surface area contributed by atoms with Crippen LogP contribution in [0, 0.1) is 26.7 Å². The number of fused-ring (bicyclic) bond motifs is 1. The van der Waals surface area contributed by atoms with Crippen LogP contribution in [0.1, 0.15) is 42.6 Å². The Morgan fingerprint density at radius 1 is 1.00 bits per heavy atom. The number of hydrogen-bond donors (Lipinski definition) is 0. The molecule has 1 saturated heterocycles. The molecule has 7 nitrogen and oxygen atoms in total. The van der Waals surface area contributed by atoms with E-state index >= 15 is 0 Å². The van der Waals surface area contributed by atoms with Crippen molar-refractivity contribution < 1.29 is 4.79 Å². The molecule has 7 heteroatoms. The monoisotopic (exact) mass is 418 g/mol. The molecule has 0 unspecified atom stereocenters. The summed E-state index contributed by atoms with van der Waals surface area (Å²) in [6, 6.07) is 6.37. The lowest BCUT2D eigenvalue weighted by Crippen LogP contribution is -2.41. The predicted molar refractivity (Wildman–Crippen MR) is 122 cm³/mol. The number of anilines is 1. The van der Waals surface area contributed by atoms with Gasteiger partial charge in [0.15, 0.2) is 5.65 Å². The summed E-state index contributed by atoms with van der Waals surface area (Å²) in [6.45, 7) is 9.40. The fraction of sp³-hybridized carbons (Fsp3) is 0.500. The highest BCUT2D eigenvalue weighted by atomic mass is 16.2. The smallest absolute Gasteiger partial charge is 0.225 e. The summed E-state index contributed by atoms with van der Waals surface area (Å²) in [7, 11) is 0. The molecule has 1 amide bonds. The molecule has 2 fully saturated rings. The Hall–Kier alpha value is -2.96. The Kier molecular flexibility index (Phi) is 5.12. The van der Waals surface area contributed by atoms with Crippen molar-refractivity contribution >= 4 is 22.8 Å². The highest BCUT2D eigenvalue weighted by Crippen LogP contribution is 2.30. The van der Waals surface area contributed by atoms with Gasteiger partial charge in [0.2, 0.25) is 5.91 Å². The molecule has 3 aromatic rings. The van der Waals surface area contributed by atoms with Gasteiger partial charge in [-0.15, -0.1) is 0 Å². The fourth-order valence-electron chi connectivity index (χ4n) is 4.72. The van der Waals surface area contributed by atoms with Gasteiger partial charge in [0.25, 0.3) is 0 Å². The van der Waals surface area contributed by atoms with Gasteiger partial charge in [-0.05, 0) is 51.7 Å². The van der Waals surface area contributed by atoms with Crippen LogP contribution in [0.4, 0.5) is 5.82 Å². The Bertz CT molecular complexity index is 1130. The number of aryl methyl sites for hydroxylation is 3. The minimum absolute atomic E-state index is 0.260. The topological polar surface area (TPSA) is 67.2 Å². The average molecular weight is 419 g/mol. The summed E-state index contributed by atoms with van der Waals surface area (Å²) < 4.78 is 1.92. The van der Waals surface area contributed by atoms with Crippen LogP contribution in [0.25, 0.3) is 16.7 Å². The van der Waals surface area contributed by atoms with Gasteiger partial charge in [-0.3, -0.25) is 4.79 Å². The van der Waals surface area contributed by atoms with E-state index in [0.717, 1.165) is 73.8 Å². The normalized spacial score (nSPS) is 17.6. The molecule has 2 aromatic heterocycles.